The molecule has 0 saturated carbocycles. The van der Waals surface area contributed by atoms with E-state index in [-0.39, 0.29) is 17.7 Å². The molecule has 1 amide bonds. The zero-order chi connectivity index (χ0) is 17.1. The average molecular weight is 360 g/mol. The third-order valence-electron chi connectivity index (χ3n) is 3.16. The molecule has 2 heterocycles. The van der Waals surface area contributed by atoms with Gasteiger partial charge in [0.2, 0.25) is 5.91 Å². The number of nitrogens with zero attached hydrogens (tertiary/aromatic N) is 3. The minimum atomic E-state index is -0.187. The molecule has 0 bridgehead atoms. The Balaban J connectivity index is 1.59. The second-order valence-corrected chi connectivity index (χ2v) is 7.46. The average Bonchev–Trinajstić information content (AvgIpc) is 3.12. The fourth-order valence-corrected chi connectivity index (χ4v) is 3.57. The number of hydrogen-bond acceptors (Lipinski definition) is 7. The first-order valence-electron chi connectivity index (χ1n) is 7.28. The fourth-order valence-electron chi connectivity index (χ4n) is 2.03. The minimum absolute atomic E-state index is 0.102. The van der Waals surface area contributed by atoms with Crippen molar-refractivity contribution in [1.82, 2.24) is 15.2 Å². The van der Waals surface area contributed by atoms with Crippen molar-refractivity contribution >= 4 is 35.0 Å². The third kappa shape index (κ3) is 4.01. The molecule has 0 aliphatic carbocycles. The molecule has 0 unspecified atom stereocenters. The maximum Gasteiger partial charge on any atom is 0.322 e. The molecule has 1 aromatic carbocycles. The molecule has 3 aromatic rings. The molecule has 3 rings (SSSR count). The first kappa shape index (κ1) is 16.7. The van der Waals surface area contributed by atoms with Gasteiger partial charge >= 0.3 is 6.01 Å². The fraction of sp³-hybridized carbons (Fsp3) is 0.250. The first-order valence-corrected chi connectivity index (χ1v) is 9.08. The summed E-state index contributed by atoms with van der Waals surface area (Å²) in [6.07, 6.45) is 0. The summed E-state index contributed by atoms with van der Waals surface area (Å²) in [6, 6.07) is 8.12. The van der Waals surface area contributed by atoms with Crippen LogP contribution < -0.4 is 5.32 Å². The molecule has 0 aliphatic heterocycles. The number of aromatic nitrogens is 3. The van der Waals surface area contributed by atoms with Gasteiger partial charge in [-0.1, -0.05) is 22.8 Å². The maximum absolute atomic E-state index is 12.0. The van der Waals surface area contributed by atoms with Gasteiger partial charge in [0.25, 0.3) is 5.89 Å². The quantitative estimate of drug-likeness (QED) is 0.696. The van der Waals surface area contributed by atoms with Crippen molar-refractivity contribution in [3.8, 4) is 10.8 Å². The second-order valence-electron chi connectivity index (χ2n) is 5.21. The van der Waals surface area contributed by atoms with E-state index in [2.05, 4.69) is 20.5 Å². The Morgan fingerprint density at radius 2 is 1.96 bits per heavy atom. The molecule has 8 heteroatoms. The Morgan fingerprint density at radius 1 is 1.21 bits per heavy atom. The number of amides is 1. The lowest BCUT2D eigenvalue weighted by molar-refractivity contribution is -0.113. The van der Waals surface area contributed by atoms with Crippen LogP contribution in [-0.4, -0.2) is 26.8 Å². The van der Waals surface area contributed by atoms with Gasteiger partial charge in [0.15, 0.2) is 0 Å². The maximum atomic E-state index is 12.0. The lowest BCUT2D eigenvalue weighted by Crippen LogP contribution is -2.14. The molecule has 0 radical (unpaired) electrons. The normalized spacial score (nSPS) is 10.8. The third-order valence-corrected chi connectivity index (χ3v) is 5.23. The summed E-state index contributed by atoms with van der Waals surface area (Å²) in [6.45, 7) is 5.84. The molecule has 124 valence electrons. The van der Waals surface area contributed by atoms with E-state index in [0.717, 1.165) is 20.5 Å². The Labute approximate surface area is 147 Å². The van der Waals surface area contributed by atoms with Crippen molar-refractivity contribution < 1.29 is 9.21 Å². The molecule has 2 aromatic heterocycles. The van der Waals surface area contributed by atoms with Crippen LogP contribution in [0.1, 0.15) is 16.3 Å². The van der Waals surface area contributed by atoms with E-state index in [0.29, 0.717) is 5.89 Å². The zero-order valence-corrected chi connectivity index (χ0v) is 15.1. The molecule has 0 spiro atoms. The zero-order valence-electron chi connectivity index (χ0n) is 13.5. The lowest BCUT2D eigenvalue weighted by atomic mass is 10.2. The number of carbonyl (C=O) groups is 1. The van der Waals surface area contributed by atoms with Crippen molar-refractivity contribution in [3.05, 3.63) is 40.5 Å². The van der Waals surface area contributed by atoms with E-state index >= 15 is 0 Å². The Hall–Kier alpha value is -2.19. The predicted molar refractivity (Wildman–Crippen MR) is 95.4 cm³/mol. The van der Waals surface area contributed by atoms with Gasteiger partial charge in [0.1, 0.15) is 4.88 Å². The van der Waals surface area contributed by atoms with E-state index in [1.807, 2.05) is 45.0 Å². The van der Waals surface area contributed by atoms with E-state index in [9.17, 15) is 4.79 Å². The Kier molecular flexibility index (Phi) is 4.96. The number of nitrogens with one attached hydrogen (secondary N) is 1. The van der Waals surface area contributed by atoms with Crippen LogP contribution in [-0.2, 0) is 4.79 Å². The number of anilines is 1. The second kappa shape index (κ2) is 7.14. The lowest BCUT2D eigenvalue weighted by Gasteiger charge is -2.01. The molecule has 0 fully saturated rings. The van der Waals surface area contributed by atoms with Crippen molar-refractivity contribution in [2.45, 2.75) is 25.7 Å². The van der Waals surface area contributed by atoms with E-state index < -0.39 is 0 Å². The molecule has 6 nitrogen and oxygen atoms in total. The van der Waals surface area contributed by atoms with Crippen molar-refractivity contribution in [2.75, 3.05) is 11.1 Å². The predicted octanol–water partition coefficient (Wildman–Crippen LogP) is 3.85. The van der Waals surface area contributed by atoms with Gasteiger partial charge in [-0.05, 0) is 32.9 Å². The molecule has 0 atom stereocenters. The highest BCUT2D eigenvalue weighted by Crippen LogP contribution is 2.29. The van der Waals surface area contributed by atoms with Crippen LogP contribution in [0.25, 0.3) is 10.8 Å². The highest BCUT2D eigenvalue weighted by atomic mass is 32.2. The van der Waals surface area contributed by atoms with Crippen LogP contribution in [0.15, 0.2) is 33.6 Å². The van der Waals surface area contributed by atoms with Crippen LogP contribution in [0.3, 0.4) is 0 Å². The molecule has 0 saturated heterocycles. The number of thiazole rings is 1. The van der Waals surface area contributed by atoms with Crippen LogP contribution in [0, 0.1) is 20.8 Å². The summed E-state index contributed by atoms with van der Waals surface area (Å²) < 4.78 is 5.51. The minimum Gasteiger partial charge on any atom is -0.402 e. The van der Waals surface area contributed by atoms with Gasteiger partial charge < -0.3 is 4.42 Å². The topological polar surface area (TPSA) is 80.9 Å². The van der Waals surface area contributed by atoms with Gasteiger partial charge in [0.05, 0.1) is 16.5 Å². The van der Waals surface area contributed by atoms with E-state index in [1.165, 1.54) is 28.7 Å². The molecular formula is C16H16N4O2S2. The molecule has 0 aliphatic rings. The van der Waals surface area contributed by atoms with Gasteiger partial charge in [0, 0.05) is 4.90 Å². The van der Waals surface area contributed by atoms with Gasteiger partial charge in [-0.3, -0.25) is 10.1 Å². The standard InChI is InChI=1S/C16H16N4O2S2/c1-9-4-6-12(7-5-9)23-8-13(21)18-16-20-19-15(22-16)14-10(2)17-11(3)24-14/h4-7H,8H2,1-3H3,(H,18,20,21). The van der Waals surface area contributed by atoms with Crippen LogP contribution in [0.5, 0.6) is 0 Å². The Bertz CT molecular complexity index is 855. The Morgan fingerprint density at radius 3 is 2.62 bits per heavy atom. The van der Waals surface area contributed by atoms with Crippen LogP contribution >= 0.6 is 23.1 Å². The van der Waals surface area contributed by atoms with E-state index in [4.69, 9.17) is 4.42 Å². The van der Waals surface area contributed by atoms with Crippen molar-refractivity contribution in [3.63, 3.8) is 0 Å². The van der Waals surface area contributed by atoms with Crippen molar-refractivity contribution in [2.24, 2.45) is 0 Å². The van der Waals surface area contributed by atoms with Gasteiger partial charge in [-0.25, -0.2) is 4.98 Å². The molecule has 1 N–H and O–H groups in total. The monoisotopic (exact) mass is 360 g/mol. The number of rotatable bonds is 5. The smallest absolute Gasteiger partial charge is 0.322 e. The van der Waals surface area contributed by atoms with Crippen LogP contribution in [0.4, 0.5) is 6.01 Å². The number of carbonyl (C=O) groups excluding carboxylic acids is 1. The molecule has 24 heavy (non-hydrogen) atoms. The molecular weight excluding hydrogens is 344 g/mol. The number of thioether (sulfide) groups is 1. The summed E-state index contributed by atoms with van der Waals surface area (Å²) in [5, 5.41) is 11.4. The van der Waals surface area contributed by atoms with E-state index in [1.54, 1.807) is 0 Å². The summed E-state index contributed by atoms with van der Waals surface area (Å²) in [7, 11) is 0. The largest absolute Gasteiger partial charge is 0.402 e. The first-order chi connectivity index (χ1) is 11.5. The number of benzene rings is 1. The van der Waals surface area contributed by atoms with Gasteiger partial charge in [-0.15, -0.1) is 28.2 Å². The number of aryl methyl sites for hydroxylation is 3. The van der Waals surface area contributed by atoms with Crippen LogP contribution in [0.2, 0.25) is 0 Å². The summed E-state index contributed by atoms with van der Waals surface area (Å²) >= 11 is 2.94. The SMILES string of the molecule is Cc1ccc(SCC(=O)Nc2nnc(-c3sc(C)nc3C)o2)cc1. The number of hydrogen-bond donors (Lipinski definition) is 1. The highest BCUT2D eigenvalue weighted by molar-refractivity contribution is 8.00. The summed E-state index contributed by atoms with van der Waals surface area (Å²) in [5.41, 5.74) is 2.03. The summed E-state index contributed by atoms with van der Waals surface area (Å²) in [4.78, 5) is 18.2. The highest BCUT2D eigenvalue weighted by Gasteiger charge is 2.16. The van der Waals surface area contributed by atoms with Gasteiger partial charge in [-0.2, -0.15) is 0 Å². The van der Waals surface area contributed by atoms with Crippen molar-refractivity contribution in [1.29, 1.82) is 0 Å². The summed E-state index contributed by atoms with van der Waals surface area (Å²) in [5.74, 6) is 0.465.